The molecule has 1 atom stereocenters. The molecule has 12 nitrogen and oxygen atoms in total. The highest BCUT2D eigenvalue weighted by Crippen LogP contribution is 2.37. The van der Waals surface area contributed by atoms with E-state index in [0.717, 1.165) is 6.20 Å². The van der Waals surface area contributed by atoms with Gasteiger partial charge in [-0.25, -0.2) is 27.8 Å². The molecule has 0 fully saturated rings. The molecule has 0 aliphatic rings. The van der Waals surface area contributed by atoms with Crippen LogP contribution in [0.3, 0.4) is 0 Å². The molecule has 3 rings (SSSR count). The molecule has 2 aromatic heterocycles. The first-order valence-corrected chi connectivity index (χ1v) is 13.0. The second-order valence-electron chi connectivity index (χ2n) is 8.01. The van der Waals surface area contributed by atoms with E-state index in [4.69, 9.17) is 9.47 Å². The van der Waals surface area contributed by atoms with Crippen molar-refractivity contribution in [1.82, 2.24) is 19.7 Å². The maximum Gasteiger partial charge on any atom is 0.388 e. The van der Waals surface area contributed by atoms with Gasteiger partial charge in [-0.3, -0.25) is 9.29 Å². The van der Waals surface area contributed by atoms with E-state index in [1.54, 1.807) is 18.2 Å². The van der Waals surface area contributed by atoms with Crippen LogP contribution in [0, 0.1) is 0 Å². The first-order valence-electron chi connectivity index (χ1n) is 11.5. The van der Waals surface area contributed by atoms with Gasteiger partial charge in [0, 0.05) is 12.5 Å². The summed E-state index contributed by atoms with van der Waals surface area (Å²) in [6.45, 7) is 2.78. The van der Waals surface area contributed by atoms with E-state index in [-0.39, 0.29) is 46.9 Å². The lowest BCUT2D eigenvalue weighted by Gasteiger charge is -2.19. The minimum absolute atomic E-state index is 0.0107. The largest absolute Gasteiger partial charge is 0.494 e. The Morgan fingerprint density at radius 2 is 1.80 bits per heavy atom. The summed E-state index contributed by atoms with van der Waals surface area (Å²) in [5.74, 6) is -0.866. The normalized spacial score (nSPS) is 13.2. The van der Waals surface area contributed by atoms with Crippen molar-refractivity contribution in [3.63, 3.8) is 0 Å². The van der Waals surface area contributed by atoms with Gasteiger partial charge in [0.25, 0.3) is 0 Å². The van der Waals surface area contributed by atoms with Gasteiger partial charge in [-0.05, 0) is 38.8 Å². The second-order valence-corrected chi connectivity index (χ2v) is 10.1. The number of halogens is 3. The lowest BCUT2D eigenvalue weighted by Crippen LogP contribution is -2.28. The number of anilines is 1. The monoisotopic (exact) mass is 581 g/mol. The van der Waals surface area contributed by atoms with Gasteiger partial charge in [0.05, 0.1) is 25.7 Å². The van der Waals surface area contributed by atoms with Crippen molar-refractivity contribution in [3.8, 4) is 34.6 Å². The molecule has 0 saturated heterocycles. The lowest BCUT2D eigenvalue weighted by molar-refractivity contribution is -0.0527. The van der Waals surface area contributed by atoms with Gasteiger partial charge in [-0.1, -0.05) is 12.1 Å². The first kappa shape index (κ1) is 30.1. The van der Waals surface area contributed by atoms with Crippen LogP contribution in [0.1, 0.15) is 20.3 Å². The Morgan fingerprint density at radius 1 is 1.15 bits per heavy atom. The number of amidine groups is 1. The number of hydrogen-bond donors (Lipinski definition) is 1. The number of pyridine rings is 1. The molecule has 3 aromatic rings. The van der Waals surface area contributed by atoms with Crippen LogP contribution >= 0.6 is 0 Å². The molecule has 0 radical (unpaired) electrons. The Bertz CT molecular complexity index is 1500. The number of methoxy groups -OCH3 is 2. The predicted molar refractivity (Wildman–Crippen MR) is 143 cm³/mol. The number of hydrogen-bond acceptors (Lipinski definition) is 9. The van der Waals surface area contributed by atoms with Crippen molar-refractivity contribution in [1.29, 1.82) is 0 Å². The van der Waals surface area contributed by atoms with E-state index in [1.165, 1.54) is 50.8 Å². The molecule has 0 aliphatic heterocycles. The number of sulfonamides is 1. The number of aromatic nitrogens is 4. The molecule has 40 heavy (non-hydrogen) atoms. The van der Waals surface area contributed by atoms with Crippen molar-refractivity contribution in [3.05, 3.63) is 48.4 Å². The van der Waals surface area contributed by atoms with Crippen LogP contribution in [0.2, 0.25) is 0 Å². The molecule has 0 aliphatic carbocycles. The number of ether oxygens (including phenoxy) is 3. The number of alkyl halides is 2. The van der Waals surface area contributed by atoms with Crippen LogP contribution in [0.15, 0.2) is 58.4 Å². The van der Waals surface area contributed by atoms with Gasteiger partial charge >= 0.3 is 6.61 Å². The number of benzene rings is 1. The van der Waals surface area contributed by atoms with Crippen molar-refractivity contribution < 1.29 is 35.8 Å². The van der Waals surface area contributed by atoms with Crippen LogP contribution in [0.5, 0.6) is 17.4 Å². The number of nitrogens with zero attached hydrogens (tertiary/aromatic N) is 6. The molecule has 1 N–H and O–H groups in total. The molecule has 16 heteroatoms. The zero-order valence-corrected chi connectivity index (χ0v) is 22.7. The van der Waals surface area contributed by atoms with Gasteiger partial charge in [-0.2, -0.15) is 8.78 Å². The van der Waals surface area contributed by atoms with E-state index in [0.29, 0.717) is 0 Å². The van der Waals surface area contributed by atoms with Crippen molar-refractivity contribution in [2.45, 2.75) is 32.1 Å². The van der Waals surface area contributed by atoms with Crippen LogP contribution < -0.4 is 18.9 Å². The fourth-order valence-electron chi connectivity index (χ4n) is 3.39. The quantitative estimate of drug-likeness (QED) is 0.245. The molecule has 0 bridgehead atoms. The summed E-state index contributed by atoms with van der Waals surface area (Å²) in [5, 5.41) is 6.93. The van der Waals surface area contributed by atoms with Gasteiger partial charge in [0.2, 0.25) is 21.9 Å². The molecule has 2 heterocycles. The van der Waals surface area contributed by atoms with Crippen LogP contribution in [-0.4, -0.2) is 66.8 Å². The highest BCUT2D eigenvalue weighted by Gasteiger charge is 2.29. The molecule has 0 unspecified atom stereocenters. The smallest absolute Gasteiger partial charge is 0.388 e. The van der Waals surface area contributed by atoms with Crippen molar-refractivity contribution in [2.75, 3.05) is 18.9 Å². The SMILES string of the molecule is C=NC(C[C@@H](C)S(=O)(=O)Nc1nnc(-c2cccc(OC(F)F)n2)n1-c1c(OC)cccc1OC)=N/C=C(\C)F. The average Bonchev–Trinajstić information content (AvgIpc) is 3.32. The van der Waals surface area contributed by atoms with E-state index in [2.05, 4.69) is 41.3 Å². The molecular weight excluding hydrogens is 555 g/mol. The minimum atomic E-state index is -4.20. The number of rotatable bonds is 12. The zero-order chi connectivity index (χ0) is 29.4. The third kappa shape index (κ3) is 7.13. The van der Waals surface area contributed by atoms with Crippen LogP contribution in [-0.2, 0) is 10.0 Å². The molecule has 214 valence electrons. The lowest BCUT2D eigenvalue weighted by atomic mass is 10.2. The third-order valence-electron chi connectivity index (χ3n) is 5.26. The Balaban J connectivity index is 2.15. The Kier molecular flexibility index (Phi) is 9.82. The number of para-hydroxylation sites is 1. The first-order chi connectivity index (χ1) is 19.0. The molecule has 0 amide bonds. The van der Waals surface area contributed by atoms with Gasteiger partial charge < -0.3 is 14.2 Å². The topological polar surface area (TPSA) is 142 Å². The highest BCUT2D eigenvalue weighted by atomic mass is 32.2. The predicted octanol–water partition coefficient (Wildman–Crippen LogP) is 4.40. The summed E-state index contributed by atoms with van der Waals surface area (Å²) >= 11 is 0. The zero-order valence-electron chi connectivity index (χ0n) is 21.9. The molecule has 0 saturated carbocycles. The average molecular weight is 582 g/mol. The second kappa shape index (κ2) is 13.1. The summed E-state index contributed by atoms with van der Waals surface area (Å²) in [6.07, 6.45) is 0.683. The summed E-state index contributed by atoms with van der Waals surface area (Å²) in [4.78, 5) is 11.5. The van der Waals surface area contributed by atoms with Crippen LogP contribution in [0.25, 0.3) is 17.2 Å². The van der Waals surface area contributed by atoms with Gasteiger partial charge in [-0.15, -0.1) is 10.2 Å². The molecule has 0 spiro atoms. The maximum atomic E-state index is 13.3. The fraction of sp³-hybridized carbons (Fsp3) is 0.292. The summed E-state index contributed by atoms with van der Waals surface area (Å²) < 4.78 is 84.4. The van der Waals surface area contributed by atoms with Gasteiger partial charge in [0.1, 0.15) is 34.5 Å². The standard InChI is InChI=1S/C24H26F3N7O5S/c1-14(25)13-29-19(28-3)12-15(2)40(35,36)33-24-32-31-22(16-8-6-11-20(30-16)39-23(26)27)34(24)21-17(37-4)9-7-10-18(21)38-5/h6-11,13,15,23H,3,12H2,1-2,4-5H3,(H,32,33)/b14-13+,29-19?/t15-/m1/s1. The van der Waals surface area contributed by atoms with E-state index >= 15 is 0 Å². The van der Waals surface area contributed by atoms with Crippen LogP contribution in [0.4, 0.5) is 19.1 Å². The van der Waals surface area contributed by atoms with E-state index in [9.17, 15) is 21.6 Å². The summed E-state index contributed by atoms with van der Waals surface area (Å²) in [6, 6.07) is 8.89. The Morgan fingerprint density at radius 3 is 2.38 bits per heavy atom. The van der Waals surface area contributed by atoms with Gasteiger partial charge in [0.15, 0.2) is 5.82 Å². The number of allylic oxidation sites excluding steroid dienone is 1. The Hall–Kier alpha value is -4.47. The van der Waals surface area contributed by atoms with Crippen molar-refractivity contribution >= 4 is 28.5 Å². The molecular formula is C24H26F3N7O5S. The van der Waals surface area contributed by atoms with E-state index in [1.807, 2.05) is 0 Å². The minimum Gasteiger partial charge on any atom is -0.494 e. The molecule has 1 aromatic carbocycles. The van der Waals surface area contributed by atoms with Crippen molar-refractivity contribution in [2.24, 2.45) is 9.98 Å². The van der Waals surface area contributed by atoms with E-state index < -0.39 is 33.6 Å². The Labute approximate surface area is 228 Å². The fourth-order valence-corrected chi connectivity index (χ4v) is 4.35. The number of aliphatic imine (C=N–C) groups is 2. The third-order valence-corrected chi connectivity index (χ3v) is 6.95. The highest BCUT2D eigenvalue weighted by molar-refractivity contribution is 7.93. The number of nitrogens with one attached hydrogen (secondary N) is 1. The maximum absolute atomic E-state index is 13.3. The summed E-state index contributed by atoms with van der Waals surface area (Å²) in [5.41, 5.74) is 0.217. The summed E-state index contributed by atoms with van der Waals surface area (Å²) in [7, 11) is -1.42.